The number of nitrogens with one attached hydrogen (secondary N) is 2. The first-order chi connectivity index (χ1) is 6.07. The van der Waals surface area contributed by atoms with Gasteiger partial charge in [-0.1, -0.05) is 6.58 Å². The fraction of sp³-hybridized carbons (Fsp3) is 0.500. The lowest BCUT2D eigenvalue weighted by Gasteiger charge is -1.91. The van der Waals surface area contributed by atoms with Crippen molar-refractivity contribution in [3.63, 3.8) is 0 Å². The second-order valence-corrected chi connectivity index (χ2v) is 2.45. The highest BCUT2D eigenvalue weighted by atomic mass is 16.5. The Hall–Kier alpha value is -1.52. The van der Waals surface area contributed by atoms with Crippen molar-refractivity contribution in [3.8, 4) is 0 Å². The van der Waals surface area contributed by atoms with Crippen LogP contribution in [0.1, 0.15) is 6.92 Å². The largest absolute Gasteiger partial charge is 0.466 e. The van der Waals surface area contributed by atoms with E-state index in [1.165, 1.54) is 7.11 Å². The smallest absolute Gasteiger partial charge is 0.332 e. The topological polar surface area (TPSA) is 67.4 Å². The Morgan fingerprint density at radius 2 is 1.92 bits per heavy atom. The number of ether oxygens (including phenoxy) is 1. The predicted molar refractivity (Wildman–Crippen MR) is 48.2 cm³/mol. The summed E-state index contributed by atoms with van der Waals surface area (Å²) >= 11 is 0. The molecule has 5 heteroatoms. The summed E-state index contributed by atoms with van der Waals surface area (Å²) in [7, 11) is 1.33. The van der Waals surface area contributed by atoms with Crippen molar-refractivity contribution >= 4 is 12.0 Å². The normalized spacial score (nSPS) is 13.2. The van der Waals surface area contributed by atoms with E-state index in [-0.39, 0.29) is 12.0 Å². The number of carbonyl (C=O) groups is 2. The highest BCUT2D eigenvalue weighted by molar-refractivity contribution is 5.86. The first-order valence-electron chi connectivity index (χ1n) is 3.83. The maximum atomic E-state index is 10.2. The predicted octanol–water partition coefficient (Wildman–Crippen LogP) is 0.0347. The molecule has 2 amide bonds. The van der Waals surface area contributed by atoms with Crippen LogP contribution in [-0.2, 0) is 9.53 Å². The first kappa shape index (κ1) is 11.5. The molecule has 1 rings (SSSR count). The molecule has 0 aromatic heterocycles. The standard InChI is InChI=1S/C5H8O2.C3H6N2O/c1-4(2)5(6)7-3;6-3-4-1-2-5-3/h1H2,2-3H3;1-2H2,(H2,4,5,6). The average Bonchev–Trinajstić information content (AvgIpc) is 2.55. The third kappa shape index (κ3) is 5.72. The van der Waals surface area contributed by atoms with Gasteiger partial charge in [-0.15, -0.1) is 0 Å². The Balaban J connectivity index is 0.000000223. The number of carbonyl (C=O) groups excluding carboxylic acids is 2. The second-order valence-electron chi connectivity index (χ2n) is 2.45. The highest BCUT2D eigenvalue weighted by Gasteiger charge is 2.03. The number of hydrogen-bond donors (Lipinski definition) is 2. The second kappa shape index (κ2) is 6.05. The van der Waals surface area contributed by atoms with Gasteiger partial charge in [0.1, 0.15) is 0 Å². The lowest BCUT2D eigenvalue weighted by Crippen LogP contribution is -2.20. The fourth-order valence-electron chi connectivity index (χ4n) is 0.589. The molecule has 0 radical (unpaired) electrons. The van der Waals surface area contributed by atoms with Crippen LogP contribution < -0.4 is 10.6 Å². The number of amides is 2. The van der Waals surface area contributed by atoms with Crippen molar-refractivity contribution in [2.45, 2.75) is 6.92 Å². The van der Waals surface area contributed by atoms with Gasteiger partial charge in [0.15, 0.2) is 0 Å². The Morgan fingerprint density at radius 1 is 1.46 bits per heavy atom. The van der Waals surface area contributed by atoms with E-state index in [1.54, 1.807) is 6.92 Å². The quantitative estimate of drug-likeness (QED) is 0.448. The molecule has 0 aliphatic carbocycles. The van der Waals surface area contributed by atoms with E-state index in [2.05, 4.69) is 21.9 Å². The maximum absolute atomic E-state index is 10.2. The molecule has 1 aliphatic rings. The summed E-state index contributed by atoms with van der Waals surface area (Å²) in [5, 5.41) is 5.14. The van der Waals surface area contributed by atoms with Crippen LogP contribution in [0.25, 0.3) is 0 Å². The fourth-order valence-corrected chi connectivity index (χ4v) is 0.589. The van der Waals surface area contributed by atoms with Gasteiger partial charge < -0.3 is 15.4 Å². The minimum atomic E-state index is -0.347. The van der Waals surface area contributed by atoms with Crippen LogP contribution in [0.5, 0.6) is 0 Å². The van der Waals surface area contributed by atoms with Crippen LogP contribution in [0.15, 0.2) is 12.2 Å². The first-order valence-corrected chi connectivity index (χ1v) is 3.83. The van der Waals surface area contributed by atoms with Crippen molar-refractivity contribution in [1.82, 2.24) is 10.6 Å². The van der Waals surface area contributed by atoms with E-state index in [9.17, 15) is 9.59 Å². The van der Waals surface area contributed by atoms with Gasteiger partial charge in [0.2, 0.25) is 0 Å². The molecule has 1 aliphatic heterocycles. The monoisotopic (exact) mass is 186 g/mol. The highest BCUT2D eigenvalue weighted by Crippen LogP contribution is 1.87. The van der Waals surface area contributed by atoms with E-state index in [1.807, 2.05) is 0 Å². The zero-order valence-electron chi connectivity index (χ0n) is 7.85. The van der Waals surface area contributed by atoms with Gasteiger partial charge in [-0.05, 0) is 6.92 Å². The number of rotatable bonds is 1. The van der Waals surface area contributed by atoms with Gasteiger partial charge in [-0.25, -0.2) is 9.59 Å². The zero-order chi connectivity index (χ0) is 10.3. The molecule has 0 atom stereocenters. The van der Waals surface area contributed by atoms with Gasteiger partial charge in [-0.3, -0.25) is 0 Å². The molecule has 1 fully saturated rings. The van der Waals surface area contributed by atoms with Gasteiger partial charge >= 0.3 is 12.0 Å². The summed E-state index contributed by atoms with van der Waals surface area (Å²) < 4.78 is 4.27. The average molecular weight is 186 g/mol. The lowest BCUT2D eigenvalue weighted by molar-refractivity contribution is -0.136. The Labute approximate surface area is 77.1 Å². The van der Waals surface area contributed by atoms with Crippen LogP contribution in [0.3, 0.4) is 0 Å². The van der Waals surface area contributed by atoms with Crippen molar-refractivity contribution in [3.05, 3.63) is 12.2 Å². The van der Waals surface area contributed by atoms with Gasteiger partial charge in [-0.2, -0.15) is 0 Å². The number of urea groups is 1. The number of esters is 1. The van der Waals surface area contributed by atoms with Crippen molar-refractivity contribution in [1.29, 1.82) is 0 Å². The van der Waals surface area contributed by atoms with Crippen molar-refractivity contribution in [2.24, 2.45) is 0 Å². The van der Waals surface area contributed by atoms with Gasteiger partial charge in [0, 0.05) is 18.7 Å². The molecule has 2 N–H and O–H groups in total. The third-order valence-corrected chi connectivity index (χ3v) is 1.23. The van der Waals surface area contributed by atoms with Crippen LogP contribution in [0.4, 0.5) is 4.79 Å². The molecule has 0 unspecified atom stereocenters. The molecule has 0 aromatic rings. The molecule has 13 heavy (non-hydrogen) atoms. The SMILES string of the molecule is C=C(C)C(=O)OC.O=C1NCCN1. The van der Waals surface area contributed by atoms with Crippen LogP contribution in [0, 0.1) is 0 Å². The summed E-state index contributed by atoms with van der Waals surface area (Å²) in [5.41, 5.74) is 0.433. The number of methoxy groups -OCH3 is 1. The van der Waals surface area contributed by atoms with E-state index >= 15 is 0 Å². The van der Waals surface area contributed by atoms with E-state index in [0.29, 0.717) is 5.57 Å². The van der Waals surface area contributed by atoms with Crippen molar-refractivity contribution in [2.75, 3.05) is 20.2 Å². The van der Waals surface area contributed by atoms with E-state index in [0.717, 1.165) is 13.1 Å². The molecule has 0 aromatic carbocycles. The Bertz CT molecular complexity index is 205. The third-order valence-electron chi connectivity index (χ3n) is 1.23. The summed E-state index contributed by atoms with van der Waals surface area (Å²) in [6.07, 6.45) is 0. The molecule has 74 valence electrons. The molecular formula is C8H14N2O3. The van der Waals surface area contributed by atoms with Crippen LogP contribution in [-0.4, -0.2) is 32.2 Å². The summed E-state index contributed by atoms with van der Waals surface area (Å²) in [5.74, 6) is -0.347. The van der Waals surface area contributed by atoms with Gasteiger partial charge in [0.25, 0.3) is 0 Å². The minimum absolute atomic E-state index is 0.0463. The Morgan fingerprint density at radius 3 is 2.00 bits per heavy atom. The van der Waals surface area contributed by atoms with Crippen molar-refractivity contribution < 1.29 is 14.3 Å². The summed E-state index contributed by atoms with van der Waals surface area (Å²) in [4.78, 5) is 20.2. The Kier molecular flexibility index (Phi) is 5.34. The van der Waals surface area contributed by atoms with Crippen LogP contribution in [0.2, 0.25) is 0 Å². The minimum Gasteiger partial charge on any atom is -0.466 e. The number of hydrogen-bond acceptors (Lipinski definition) is 3. The molecule has 0 saturated carbocycles. The molecule has 0 bridgehead atoms. The molecule has 1 heterocycles. The molecule has 5 nitrogen and oxygen atoms in total. The maximum Gasteiger partial charge on any atom is 0.332 e. The van der Waals surface area contributed by atoms with E-state index in [4.69, 9.17) is 0 Å². The zero-order valence-corrected chi connectivity index (χ0v) is 7.85. The summed E-state index contributed by atoms with van der Waals surface area (Å²) in [6, 6.07) is -0.0463. The molecular weight excluding hydrogens is 172 g/mol. The van der Waals surface area contributed by atoms with Gasteiger partial charge in [0.05, 0.1) is 7.11 Å². The molecule has 1 saturated heterocycles. The molecule has 0 spiro atoms. The summed E-state index contributed by atoms with van der Waals surface area (Å²) in [6.45, 7) is 6.51. The van der Waals surface area contributed by atoms with E-state index < -0.39 is 0 Å². The lowest BCUT2D eigenvalue weighted by atomic mass is 10.4. The van der Waals surface area contributed by atoms with Crippen LogP contribution >= 0.6 is 0 Å².